The molecule has 0 spiro atoms. The van der Waals surface area contributed by atoms with Crippen molar-refractivity contribution in [1.82, 2.24) is 4.57 Å². The van der Waals surface area contributed by atoms with Crippen LogP contribution in [-0.2, 0) is 16.1 Å². The minimum absolute atomic E-state index is 0.102. The normalized spacial score (nSPS) is 11.7. The summed E-state index contributed by atoms with van der Waals surface area (Å²) >= 11 is 5.37. The molecule has 0 aliphatic carbocycles. The van der Waals surface area contributed by atoms with Crippen LogP contribution in [0.2, 0.25) is 0 Å². The first-order chi connectivity index (χ1) is 12.4. The third-order valence-electron chi connectivity index (χ3n) is 3.34. The highest BCUT2D eigenvalue weighted by Gasteiger charge is 2.16. The number of rotatable bonds is 4. The van der Waals surface area contributed by atoms with Crippen molar-refractivity contribution in [3.05, 3.63) is 54.6 Å². The molecule has 0 fully saturated rings. The highest BCUT2D eigenvalue weighted by molar-refractivity contribution is 9.10. The average molecular weight is 456 g/mol. The van der Waals surface area contributed by atoms with Crippen LogP contribution in [0.3, 0.4) is 0 Å². The van der Waals surface area contributed by atoms with Crippen LogP contribution in [-0.4, -0.2) is 28.5 Å². The van der Waals surface area contributed by atoms with Gasteiger partial charge in [0.1, 0.15) is 11.4 Å². The molecule has 3 rings (SSSR count). The van der Waals surface area contributed by atoms with Crippen LogP contribution in [0.4, 0.5) is 5.00 Å². The number of fused-ring (bicyclic) bond motifs is 1. The van der Waals surface area contributed by atoms with Crippen molar-refractivity contribution in [2.75, 3.05) is 7.11 Å². The van der Waals surface area contributed by atoms with Gasteiger partial charge in [0.2, 0.25) is 0 Å². The number of methoxy groups -OCH3 is 1. The second-order valence-electron chi connectivity index (χ2n) is 4.97. The number of hydrogen-bond acceptors (Lipinski definition) is 7. The Bertz CT molecular complexity index is 1100. The summed E-state index contributed by atoms with van der Waals surface area (Å²) in [5, 5.41) is 10.6. The molecule has 8 nitrogen and oxygen atoms in total. The molecule has 0 N–H and O–H groups in total. The van der Waals surface area contributed by atoms with E-state index in [4.69, 9.17) is 4.74 Å². The van der Waals surface area contributed by atoms with Gasteiger partial charge >= 0.3 is 11.0 Å². The van der Waals surface area contributed by atoms with E-state index in [1.54, 1.807) is 10.6 Å². The molecule has 0 saturated carbocycles. The molecule has 2 heterocycles. The molecule has 1 aromatic carbocycles. The van der Waals surface area contributed by atoms with Crippen LogP contribution in [0.5, 0.6) is 0 Å². The van der Waals surface area contributed by atoms with Gasteiger partial charge in [-0.05, 0) is 24.3 Å². The first-order valence-corrected chi connectivity index (χ1v) is 9.50. The van der Waals surface area contributed by atoms with Gasteiger partial charge in [0, 0.05) is 10.5 Å². The maximum absolute atomic E-state index is 12.4. The SMILES string of the molecule is COC(=O)Cn1c(=NC(=O)c2ccc([N+](=O)[O-])s2)sc2cc(Br)ccc21. The van der Waals surface area contributed by atoms with E-state index in [0.29, 0.717) is 4.80 Å². The van der Waals surface area contributed by atoms with E-state index in [9.17, 15) is 19.7 Å². The van der Waals surface area contributed by atoms with E-state index in [0.717, 1.165) is 26.0 Å². The number of thiophene rings is 1. The zero-order chi connectivity index (χ0) is 18.8. The van der Waals surface area contributed by atoms with Crippen LogP contribution in [0.25, 0.3) is 10.2 Å². The van der Waals surface area contributed by atoms with Crippen LogP contribution >= 0.6 is 38.6 Å². The van der Waals surface area contributed by atoms with Crippen molar-refractivity contribution >= 4 is 65.7 Å². The van der Waals surface area contributed by atoms with E-state index < -0.39 is 16.8 Å². The van der Waals surface area contributed by atoms with E-state index in [1.165, 1.54) is 30.6 Å². The van der Waals surface area contributed by atoms with Crippen LogP contribution in [0.15, 0.2) is 39.8 Å². The fourth-order valence-electron chi connectivity index (χ4n) is 2.16. The number of carbonyl (C=O) groups excluding carboxylic acids is 2. The number of thiazole rings is 1. The van der Waals surface area contributed by atoms with Gasteiger partial charge in [0.05, 0.1) is 22.2 Å². The lowest BCUT2D eigenvalue weighted by Crippen LogP contribution is -2.22. The quantitative estimate of drug-likeness (QED) is 0.340. The molecule has 3 aromatic rings. The molecule has 134 valence electrons. The molecule has 0 bridgehead atoms. The van der Waals surface area contributed by atoms with Gasteiger partial charge in [-0.15, -0.1) is 0 Å². The fourth-order valence-corrected chi connectivity index (χ4v) is 4.45. The van der Waals surface area contributed by atoms with Crippen molar-refractivity contribution in [2.45, 2.75) is 6.54 Å². The number of benzene rings is 1. The predicted octanol–water partition coefficient (Wildman–Crippen LogP) is 3.35. The largest absolute Gasteiger partial charge is 0.468 e. The van der Waals surface area contributed by atoms with Crippen molar-refractivity contribution in [2.24, 2.45) is 4.99 Å². The summed E-state index contributed by atoms with van der Waals surface area (Å²) in [5.41, 5.74) is 0.729. The smallest absolute Gasteiger partial charge is 0.325 e. The van der Waals surface area contributed by atoms with Crippen molar-refractivity contribution in [3.8, 4) is 0 Å². The highest BCUT2D eigenvalue weighted by atomic mass is 79.9. The van der Waals surface area contributed by atoms with Gasteiger partial charge in [0.15, 0.2) is 4.80 Å². The van der Waals surface area contributed by atoms with Gasteiger partial charge in [0.25, 0.3) is 5.91 Å². The lowest BCUT2D eigenvalue weighted by molar-refractivity contribution is -0.380. The Morgan fingerprint density at radius 2 is 2.08 bits per heavy atom. The summed E-state index contributed by atoms with van der Waals surface area (Å²) in [6.45, 7) is -0.102. The second kappa shape index (κ2) is 7.48. The van der Waals surface area contributed by atoms with Gasteiger partial charge in [-0.2, -0.15) is 4.99 Å². The maximum atomic E-state index is 12.4. The molecular weight excluding hydrogens is 446 g/mol. The lowest BCUT2D eigenvalue weighted by Gasteiger charge is -2.03. The molecular formula is C15H10BrN3O5S2. The van der Waals surface area contributed by atoms with E-state index >= 15 is 0 Å². The first-order valence-electron chi connectivity index (χ1n) is 7.08. The summed E-state index contributed by atoms with van der Waals surface area (Å²) in [5.74, 6) is -1.08. The fraction of sp³-hybridized carbons (Fsp3) is 0.133. The monoisotopic (exact) mass is 455 g/mol. The third-order valence-corrected chi connectivity index (χ3v) is 5.90. The summed E-state index contributed by atoms with van der Waals surface area (Å²) in [4.78, 5) is 38.9. The number of nitro groups is 1. The molecule has 2 aromatic heterocycles. The summed E-state index contributed by atoms with van der Waals surface area (Å²) in [6, 6.07) is 8.10. The Morgan fingerprint density at radius 1 is 1.31 bits per heavy atom. The number of esters is 1. The molecule has 0 radical (unpaired) electrons. The van der Waals surface area contributed by atoms with Gasteiger partial charge < -0.3 is 9.30 Å². The Kier molecular flexibility index (Phi) is 5.30. The third kappa shape index (κ3) is 3.74. The number of halogens is 1. The molecule has 0 atom stereocenters. The van der Waals surface area contributed by atoms with Gasteiger partial charge in [-0.25, -0.2) is 0 Å². The van der Waals surface area contributed by atoms with E-state index in [1.807, 2.05) is 12.1 Å². The number of carbonyl (C=O) groups is 2. The number of ether oxygens (including phenoxy) is 1. The second-order valence-corrected chi connectivity index (χ2v) is 7.96. The van der Waals surface area contributed by atoms with Gasteiger partial charge in [-0.3, -0.25) is 19.7 Å². The Morgan fingerprint density at radius 3 is 2.73 bits per heavy atom. The Hall–Kier alpha value is -2.37. The minimum Gasteiger partial charge on any atom is -0.468 e. The molecule has 1 amide bonds. The molecule has 0 unspecified atom stereocenters. The number of hydrogen-bond donors (Lipinski definition) is 0. The Balaban J connectivity index is 2.10. The van der Waals surface area contributed by atoms with Crippen molar-refractivity contribution in [3.63, 3.8) is 0 Å². The molecule has 11 heteroatoms. The van der Waals surface area contributed by atoms with E-state index in [-0.39, 0.29) is 16.4 Å². The molecule has 0 aliphatic rings. The number of amides is 1. The molecule has 26 heavy (non-hydrogen) atoms. The van der Waals surface area contributed by atoms with Crippen LogP contribution in [0.1, 0.15) is 9.67 Å². The molecule has 0 aliphatic heterocycles. The number of aromatic nitrogens is 1. The predicted molar refractivity (Wildman–Crippen MR) is 100 cm³/mol. The zero-order valence-electron chi connectivity index (χ0n) is 13.2. The minimum atomic E-state index is -0.604. The average Bonchev–Trinajstić information content (AvgIpc) is 3.20. The summed E-state index contributed by atoms with van der Waals surface area (Å²) < 4.78 is 7.96. The molecule has 0 saturated heterocycles. The van der Waals surface area contributed by atoms with Crippen LogP contribution < -0.4 is 4.80 Å². The van der Waals surface area contributed by atoms with E-state index in [2.05, 4.69) is 20.9 Å². The first kappa shape index (κ1) is 18.4. The topological polar surface area (TPSA) is 104 Å². The number of nitrogens with zero attached hydrogens (tertiary/aromatic N) is 3. The van der Waals surface area contributed by atoms with Crippen LogP contribution in [0, 0.1) is 10.1 Å². The van der Waals surface area contributed by atoms with Crippen molar-refractivity contribution < 1.29 is 19.2 Å². The lowest BCUT2D eigenvalue weighted by atomic mass is 10.3. The standard InChI is InChI=1S/C15H10BrN3O5S2/c1-24-13(20)7-18-9-3-2-8(16)6-11(9)26-15(18)17-14(21)10-4-5-12(25-10)19(22)23/h2-6H,7H2,1H3. The summed E-state index contributed by atoms with van der Waals surface area (Å²) in [6.07, 6.45) is 0. The highest BCUT2D eigenvalue weighted by Crippen LogP contribution is 2.25. The van der Waals surface area contributed by atoms with Crippen molar-refractivity contribution in [1.29, 1.82) is 0 Å². The maximum Gasteiger partial charge on any atom is 0.325 e. The van der Waals surface area contributed by atoms with Gasteiger partial charge in [-0.1, -0.05) is 38.6 Å². The zero-order valence-corrected chi connectivity index (χ0v) is 16.4. The summed E-state index contributed by atoms with van der Waals surface area (Å²) in [7, 11) is 1.28. The Labute approximate surface area is 162 Å².